The molecule has 2 heterocycles. The molecular formula is C23H34N4O4S. The summed E-state index contributed by atoms with van der Waals surface area (Å²) in [5, 5.41) is 27.7. The van der Waals surface area contributed by atoms with Gasteiger partial charge in [0, 0.05) is 43.5 Å². The molecule has 1 aliphatic rings. The zero-order valence-corrected chi connectivity index (χ0v) is 19.7. The zero-order chi connectivity index (χ0) is 23.1. The lowest BCUT2D eigenvalue weighted by atomic mass is 9.93. The van der Waals surface area contributed by atoms with Crippen molar-refractivity contribution in [2.24, 2.45) is 5.92 Å². The summed E-state index contributed by atoms with van der Waals surface area (Å²) in [5.41, 5.74) is 3.11. The lowest BCUT2D eigenvalue weighted by molar-refractivity contribution is -0.138. The van der Waals surface area contributed by atoms with Crippen molar-refractivity contribution in [3.63, 3.8) is 0 Å². The van der Waals surface area contributed by atoms with Gasteiger partial charge in [-0.3, -0.25) is 9.59 Å². The minimum Gasteiger partial charge on any atom is -0.506 e. The first-order chi connectivity index (χ1) is 15.4. The van der Waals surface area contributed by atoms with E-state index in [0.717, 1.165) is 66.3 Å². The van der Waals surface area contributed by atoms with E-state index in [1.807, 2.05) is 13.1 Å². The number of aromatic amines is 1. The number of aliphatic carboxylic acids is 1. The molecule has 9 heteroatoms. The molecule has 0 aliphatic carbocycles. The van der Waals surface area contributed by atoms with E-state index in [-0.39, 0.29) is 18.7 Å². The topological polar surface area (TPSA) is 118 Å². The summed E-state index contributed by atoms with van der Waals surface area (Å²) in [7, 11) is 1.94. The van der Waals surface area contributed by atoms with Crippen LogP contribution in [-0.4, -0.2) is 59.5 Å². The third-order valence-electron chi connectivity index (χ3n) is 6.01. The van der Waals surface area contributed by atoms with Crippen molar-refractivity contribution in [1.29, 1.82) is 0 Å². The fourth-order valence-electron chi connectivity index (χ4n) is 4.38. The number of nitrogens with zero attached hydrogens (tertiary/aromatic N) is 1. The second-order valence-electron chi connectivity index (χ2n) is 8.21. The summed E-state index contributed by atoms with van der Waals surface area (Å²) in [5.74, 6) is 0.620. The van der Waals surface area contributed by atoms with Gasteiger partial charge in [0.25, 0.3) is 0 Å². The molecule has 176 valence electrons. The van der Waals surface area contributed by atoms with Crippen molar-refractivity contribution >= 4 is 40.2 Å². The number of phenolic OH excluding ortho intramolecular Hbond substituents is 1. The van der Waals surface area contributed by atoms with Crippen LogP contribution in [0, 0.1) is 5.92 Å². The van der Waals surface area contributed by atoms with Crippen molar-refractivity contribution in [2.75, 3.05) is 37.3 Å². The molecule has 0 bridgehead atoms. The molecule has 1 fully saturated rings. The van der Waals surface area contributed by atoms with Gasteiger partial charge in [0.15, 0.2) is 0 Å². The SMILES string of the molecule is CCSc1[nH]c2c(N3CCC(CCNC(=O)CCC(=O)O)CC3)c(O)ccc2c1CNC. The molecule has 0 unspecified atom stereocenters. The van der Waals surface area contributed by atoms with E-state index in [9.17, 15) is 14.7 Å². The van der Waals surface area contributed by atoms with E-state index in [1.165, 1.54) is 5.56 Å². The zero-order valence-electron chi connectivity index (χ0n) is 18.9. The Morgan fingerprint density at radius 1 is 1.25 bits per heavy atom. The van der Waals surface area contributed by atoms with Gasteiger partial charge in [-0.25, -0.2) is 0 Å². The van der Waals surface area contributed by atoms with E-state index in [2.05, 4.69) is 27.4 Å². The van der Waals surface area contributed by atoms with Crippen molar-refractivity contribution < 1.29 is 19.8 Å². The van der Waals surface area contributed by atoms with Crippen molar-refractivity contribution in [2.45, 2.75) is 50.6 Å². The number of phenols is 1. The Morgan fingerprint density at radius 3 is 2.66 bits per heavy atom. The molecule has 1 saturated heterocycles. The number of carbonyl (C=O) groups is 2. The van der Waals surface area contributed by atoms with E-state index in [4.69, 9.17) is 5.11 Å². The second kappa shape index (κ2) is 11.5. The molecule has 0 saturated carbocycles. The number of carbonyl (C=O) groups excluding carboxylic acids is 1. The summed E-state index contributed by atoms with van der Waals surface area (Å²) in [6.45, 7) is 5.18. The number of hydrogen-bond donors (Lipinski definition) is 5. The number of H-pyrrole nitrogens is 1. The molecule has 1 amide bonds. The van der Waals surface area contributed by atoms with Crippen molar-refractivity contribution in [3.8, 4) is 5.75 Å². The number of nitrogens with one attached hydrogen (secondary N) is 3. The summed E-state index contributed by atoms with van der Waals surface area (Å²) in [4.78, 5) is 28.1. The molecular weight excluding hydrogens is 428 g/mol. The van der Waals surface area contributed by atoms with E-state index in [1.54, 1.807) is 17.8 Å². The van der Waals surface area contributed by atoms with Gasteiger partial charge in [0.1, 0.15) is 11.4 Å². The molecule has 8 nitrogen and oxygen atoms in total. The monoisotopic (exact) mass is 462 g/mol. The number of amides is 1. The van der Waals surface area contributed by atoms with Gasteiger partial charge in [0.2, 0.25) is 5.91 Å². The average molecular weight is 463 g/mol. The fraction of sp³-hybridized carbons (Fsp3) is 0.565. The third-order valence-corrected chi connectivity index (χ3v) is 6.93. The quantitative estimate of drug-likeness (QED) is 0.325. The summed E-state index contributed by atoms with van der Waals surface area (Å²) in [6.07, 6.45) is 2.76. The van der Waals surface area contributed by atoms with Crippen LogP contribution < -0.4 is 15.5 Å². The molecule has 32 heavy (non-hydrogen) atoms. The van der Waals surface area contributed by atoms with E-state index < -0.39 is 5.97 Å². The van der Waals surface area contributed by atoms with Crippen molar-refractivity contribution in [1.82, 2.24) is 15.6 Å². The smallest absolute Gasteiger partial charge is 0.303 e. The number of fused-ring (bicyclic) bond motifs is 1. The van der Waals surface area contributed by atoms with Crippen LogP contribution in [0.25, 0.3) is 10.9 Å². The summed E-state index contributed by atoms with van der Waals surface area (Å²) < 4.78 is 0. The molecule has 3 rings (SSSR count). The molecule has 1 aromatic carbocycles. The first-order valence-corrected chi connectivity index (χ1v) is 12.3. The first-order valence-electron chi connectivity index (χ1n) is 11.3. The van der Waals surface area contributed by atoms with Crippen LogP contribution in [0.1, 0.15) is 44.6 Å². The molecule has 1 aromatic heterocycles. The average Bonchev–Trinajstić information content (AvgIpc) is 3.10. The number of aromatic nitrogens is 1. The Bertz CT molecular complexity index is 938. The highest BCUT2D eigenvalue weighted by molar-refractivity contribution is 7.99. The lowest BCUT2D eigenvalue weighted by Crippen LogP contribution is -2.35. The number of rotatable bonds is 11. The minimum atomic E-state index is -0.952. The van der Waals surface area contributed by atoms with Gasteiger partial charge in [-0.15, -0.1) is 11.8 Å². The number of carboxylic acids is 1. The van der Waals surface area contributed by atoms with Gasteiger partial charge in [-0.2, -0.15) is 0 Å². The Kier molecular flexibility index (Phi) is 8.69. The predicted octanol–water partition coefficient (Wildman–Crippen LogP) is 3.29. The predicted molar refractivity (Wildman–Crippen MR) is 129 cm³/mol. The van der Waals surface area contributed by atoms with Crippen LogP contribution in [-0.2, 0) is 16.1 Å². The number of aromatic hydroxyl groups is 1. The third kappa shape index (κ3) is 5.89. The highest BCUT2D eigenvalue weighted by atomic mass is 32.2. The van der Waals surface area contributed by atoms with Crippen LogP contribution in [0.3, 0.4) is 0 Å². The van der Waals surface area contributed by atoms with E-state index in [0.29, 0.717) is 18.2 Å². The van der Waals surface area contributed by atoms with Crippen LogP contribution in [0.15, 0.2) is 17.2 Å². The highest BCUT2D eigenvalue weighted by Crippen LogP contribution is 2.41. The Morgan fingerprint density at radius 2 is 2.00 bits per heavy atom. The summed E-state index contributed by atoms with van der Waals surface area (Å²) >= 11 is 1.78. The molecule has 0 radical (unpaired) electrons. The first kappa shape index (κ1) is 24.3. The number of piperidine rings is 1. The minimum absolute atomic E-state index is 0.0288. The van der Waals surface area contributed by atoms with Gasteiger partial charge in [-0.05, 0) is 50.1 Å². The molecule has 5 N–H and O–H groups in total. The fourth-order valence-corrected chi connectivity index (χ4v) is 5.20. The highest BCUT2D eigenvalue weighted by Gasteiger charge is 2.25. The molecule has 2 aromatic rings. The summed E-state index contributed by atoms with van der Waals surface area (Å²) in [6, 6.07) is 3.79. The molecule has 0 atom stereocenters. The Labute approximate surface area is 193 Å². The van der Waals surface area contributed by atoms with Gasteiger partial charge in [-0.1, -0.05) is 6.92 Å². The van der Waals surface area contributed by atoms with Crippen LogP contribution >= 0.6 is 11.8 Å². The maximum atomic E-state index is 11.7. The second-order valence-corrected chi connectivity index (χ2v) is 9.49. The van der Waals surface area contributed by atoms with Crippen molar-refractivity contribution in [3.05, 3.63) is 17.7 Å². The maximum absolute atomic E-state index is 11.7. The Balaban J connectivity index is 1.63. The van der Waals surface area contributed by atoms with E-state index >= 15 is 0 Å². The number of benzene rings is 1. The molecule has 1 aliphatic heterocycles. The number of hydrogen-bond acceptors (Lipinski definition) is 6. The Hall–Kier alpha value is -2.39. The van der Waals surface area contributed by atoms with Gasteiger partial charge < -0.3 is 30.7 Å². The van der Waals surface area contributed by atoms with Gasteiger partial charge in [0.05, 0.1) is 17.0 Å². The maximum Gasteiger partial charge on any atom is 0.303 e. The van der Waals surface area contributed by atoms with Crippen LogP contribution in [0.2, 0.25) is 0 Å². The number of anilines is 1. The number of carboxylic acid groups (broad SMARTS) is 1. The van der Waals surface area contributed by atoms with Crippen LogP contribution in [0.4, 0.5) is 5.69 Å². The number of thioether (sulfide) groups is 1. The van der Waals surface area contributed by atoms with Gasteiger partial charge >= 0.3 is 5.97 Å². The normalized spacial score (nSPS) is 14.8. The van der Waals surface area contributed by atoms with Crippen LogP contribution in [0.5, 0.6) is 5.75 Å². The standard InChI is InChI=1S/C23H34N4O4S/c1-3-32-23-17(14-24-2)16-4-5-18(28)22(21(16)26-23)27-12-9-15(10-13-27)8-11-25-19(29)6-7-20(30)31/h4-5,15,24,26,28H,3,6-14H2,1-2H3,(H,25,29)(H,30,31). The lowest BCUT2D eigenvalue weighted by Gasteiger charge is -2.34. The molecule has 0 spiro atoms. The largest absolute Gasteiger partial charge is 0.506 e.